The lowest BCUT2D eigenvalue weighted by Gasteiger charge is -2.29. The number of nitrogens with zero attached hydrogens (tertiary/aromatic N) is 3. The van der Waals surface area contributed by atoms with E-state index in [9.17, 15) is 24.6 Å². The van der Waals surface area contributed by atoms with E-state index in [0.717, 1.165) is 90.4 Å². The van der Waals surface area contributed by atoms with Crippen molar-refractivity contribution in [1.29, 1.82) is 0 Å². The molecule has 2 unspecified atom stereocenters. The SMILES string of the molecule is CCCCCCCCCCCCCCCCCC(=O)C/C=C/N(CC=CC(=O)OCCCCCCCCCCCCCCC)CC(O)CN(CCCCCCCCCCCCCC)CCCCN(CCCCCCCCCCCCCC)CC(O)CNCC=CC(=O)OCCCCCCCCCCCCCCC. The molecule has 0 radical (unpaired) electrons. The van der Waals surface area contributed by atoms with Gasteiger partial charge in [-0.3, -0.25) is 4.79 Å². The maximum absolute atomic E-state index is 13.3. The van der Waals surface area contributed by atoms with Crippen molar-refractivity contribution in [1.82, 2.24) is 20.0 Å². The van der Waals surface area contributed by atoms with Gasteiger partial charge in [-0.25, -0.2) is 9.59 Å². The third-order valence-electron chi connectivity index (χ3n) is 22.4. The summed E-state index contributed by atoms with van der Waals surface area (Å²) >= 11 is 0. The minimum atomic E-state index is -0.627. The van der Waals surface area contributed by atoms with E-state index in [4.69, 9.17) is 9.47 Å². The molecule has 0 amide bonds. The molecule has 0 aliphatic rings. The van der Waals surface area contributed by atoms with Crippen LogP contribution in [-0.4, -0.2) is 134 Å². The maximum Gasteiger partial charge on any atom is 0.330 e. The number of Topliss-reactive ketones (excluding diaryl/α,β-unsaturated/α-hetero) is 1. The van der Waals surface area contributed by atoms with Crippen LogP contribution in [0.3, 0.4) is 0 Å². The molecule has 638 valence electrons. The van der Waals surface area contributed by atoms with Gasteiger partial charge in [0.15, 0.2) is 0 Å². The molecule has 2 atom stereocenters. The van der Waals surface area contributed by atoms with Crippen molar-refractivity contribution in [2.75, 3.05) is 78.7 Å². The molecular formula is C97H188N4O7. The first-order valence-corrected chi connectivity index (χ1v) is 48.3. The average Bonchev–Trinajstić information content (AvgIpc) is 0.932. The molecule has 0 saturated heterocycles. The van der Waals surface area contributed by atoms with Crippen LogP contribution < -0.4 is 5.32 Å². The van der Waals surface area contributed by atoms with Crippen LogP contribution in [0.1, 0.15) is 478 Å². The second-order valence-electron chi connectivity index (χ2n) is 33.5. The first-order chi connectivity index (χ1) is 53.2. The van der Waals surface area contributed by atoms with E-state index in [1.54, 1.807) is 6.08 Å². The number of aliphatic hydroxyl groups excluding tert-OH is 2. The Morgan fingerprint density at radius 2 is 0.565 bits per heavy atom. The van der Waals surface area contributed by atoms with Crippen molar-refractivity contribution >= 4 is 17.7 Å². The maximum atomic E-state index is 13.3. The second kappa shape index (κ2) is 90.0. The van der Waals surface area contributed by atoms with Crippen LogP contribution >= 0.6 is 0 Å². The van der Waals surface area contributed by atoms with Crippen molar-refractivity contribution in [3.63, 3.8) is 0 Å². The molecule has 0 saturated carbocycles. The standard InChI is InChI=1S/C97H188N4O7/c1-6-11-16-21-26-31-36-41-42-43-46-51-56-61-66-76-93(102)77-74-85-101(86-75-79-97(106)108-88-72-65-60-55-50-45-38-33-28-23-18-13-8-3)92-95(104)91-100(82-68-63-58-53-48-40-35-30-25-20-15-10-5)84-70-69-83-99(81-67-62-57-52-47-39-34-29-24-19-14-9-4)90-94(103)89-98-80-73-78-96(105)107-87-71-64-59-54-49-44-37-32-27-22-17-12-7-2/h73-75,78-79,85,94-95,98,103-104H,6-72,76-77,80-84,86-92H2,1-5H3/b78-73?,79-75?,85-74+. The van der Waals surface area contributed by atoms with Gasteiger partial charge in [-0.15, -0.1) is 0 Å². The number of hydrogen-bond donors (Lipinski definition) is 3. The lowest BCUT2D eigenvalue weighted by molar-refractivity contribution is -0.138. The van der Waals surface area contributed by atoms with Gasteiger partial charge < -0.3 is 39.7 Å². The molecule has 0 fully saturated rings. The summed E-state index contributed by atoms with van der Waals surface area (Å²) in [5.41, 5.74) is 0. The second-order valence-corrected chi connectivity index (χ2v) is 33.5. The number of hydrogen-bond acceptors (Lipinski definition) is 11. The van der Waals surface area contributed by atoms with Crippen LogP contribution in [0.15, 0.2) is 36.6 Å². The Bertz CT molecular complexity index is 1900. The fraction of sp³-hybridized carbons (Fsp3) is 0.907. The van der Waals surface area contributed by atoms with Crippen molar-refractivity contribution in [3.8, 4) is 0 Å². The van der Waals surface area contributed by atoms with E-state index in [-0.39, 0.29) is 17.7 Å². The predicted molar refractivity (Wildman–Crippen MR) is 471 cm³/mol. The summed E-state index contributed by atoms with van der Waals surface area (Å²) in [5.74, 6) is -0.342. The topological polar surface area (TPSA) is 132 Å². The number of esters is 2. The summed E-state index contributed by atoms with van der Waals surface area (Å²) in [5, 5.41) is 26.9. The highest BCUT2D eigenvalue weighted by molar-refractivity contribution is 5.82. The molecule has 0 bridgehead atoms. The predicted octanol–water partition coefficient (Wildman–Crippen LogP) is 27.5. The van der Waals surface area contributed by atoms with Crippen LogP contribution in [-0.2, 0) is 23.9 Å². The van der Waals surface area contributed by atoms with E-state index in [0.29, 0.717) is 65.3 Å². The molecular weight excluding hydrogens is 1330 g/mol. The van der Waals surface area contributed by atoms with Gasteiger partial charge in [-0.1, -0.05) is 438 Å². The zero-order valence-electron chi connectivity index (χ0n) is 73.2. The number of allylic oxidation sites excluding steroid dienone is 1. The number of carbonyl (C=O) groups excluding carboxylic acids is 3. The van der Waals surface area contributed by atoms with Crippen LogP contribution in [0.2, 0.25) is 0 Å². The first kappa shape index (κ1) is 105. The lowest BCUT2D eigenvalue weighted by Crippen LogP contribution is -2.40. The first-order valence-electron chi connectivity index (χ1n) is 48.3. The Morgan fingerprint density at radius 1 is 0.306 bits per heavy atom. The minimum Gasteiger partial charge on any atom is -0.463 e. The summed E-state index contributed by atoms with van der Waals surface area (Å²) in [7, 11) is 0. The molecule has 11 nitrogen and oxygen atoms in total. The highest BCUT2D eigenvalue weighted by Gasteiger charge is 2.17. The average molecular weight is 1520 g/mol. The number of nitrogens with one attached hydrogen (secondary N) is 1. The van der Waals surface area contributed by atoms with Crippen molar-refractivity contribution in [2.45, 2.75) is 490 Å². The summed E-state index contributed by atoms with van der Waals surface area (Å²) in [6.07, 6.45) is 97.1. The molecule has 0 aliphatic heterocycles. The molecule has 108 heavy (non-hydrogen) atoms. The largest absolute Gasteiger partial charge is 0.463 e. The molecule has 0 aromatic rings. The van der Waals surface area contributed by atoms with Gasteiger partial charge in [0.25, 0.3) is 0 Å². The van der Waals surface area contributed by atoms with Crippen molar-refractivity contribution in [2.24, 2.45) is 0 Å². The molecule has 0 heterocycles. The lowest BCUT2D eigenvalue weighted by atomic mass is 10.0. The normalized spacial score (nSPS) is 12.6. The third kappa shape index (κ3) is 84.3. The van der Waals surface area contributed by atoms with Gasteiger partial charge in [0.2, 0.25) is 0 Å². The molecule has 0 aliphatic carbocycles. The molecule has 11 heteroatoms. The fourth-order valence-electron chi connectivity index (χ4n) is 15.4. The zero-order valence-corrected chi connectivity index (χ0v) is 73.2. The number of carbonyl (C=O) groups is 3. The molecule has 0 rings (SSSR count). The number of unbranched alkanes of at least 4 members (excludes halogenated alkanes) is 61. The van der Waals surface area contributed by atoms with Gasteiger partial charge >= 0.3 is 11.9 Å². The number of ketones is 1. The molecule has 3 N–H and O–H groups in total. The summed E-state index contributed by atoms with van der Waals surface area (Å²) in [6, 6.07) is 0. The van der Waals surface area contributed by atoms with E-state index >= 15 is 0 Å². The molecule has 0 spiro atoms. The number of ether oxygens (including phenoxy) is 2. The number of aliphatic hydroxyl groups is 2. The van der Waals surface area contributed by atoms with Gasteiger partial charge in [-0.05, 0) is 77.3 Å². The van der Waals surface area contributed by atoms with Gasteiger partial charge in [0, 0.05) is 64.3 Å². The quantitative estimate of drug-likeness (QED) is 0.0305. The summed E-state index contributed by atoms with van der Waals surface area (Å²) in [4.78, 5) is 45.8. The van der Waals surface area contributed by atoms with Crippen LogP contribution in [0.5, 0.6) is 0 Å². The smallest absolute Gasteiger partial charge is 0.330 e. The van der Waals surface area contributed by atoms with E-state index in [1.165, 1.54) is 372 Å². The van der Waals surface area contributed by atoms with Crippen LogP contribution in [0.4, 0.5) is 0 Å². The van der Waals surface area contributed by atoms with E-state index in [1.807, 2.05) is 24.4 Å². The highest BCUT2D eigenvalue weighted by atomic mass is 16.5. The Morgan fingerprint density at radius 3 is 0.880 bits per heavy atom. The Hall–Kier alpha value is -2.57. The number of rotatable bonds is 92. The van der Waals surface area contributed by atoms with Gasteiger partial charge in [0.05, 0.1) is 25.4 Å². The highest BCUT2D eigenvalue weighted by Crippen LogP contribution is 2.20. The Labute approximate surface area is 673 Å². The monoisotopic (exact) mass is 1520 g/mol. The summed E-state index contributed by atoms with van der Waals surface area (Å²) in [6.45, 7) is 19.0. The van der Waals surface area contributed by atoms with Gasteiger partial charge in [-0.2, -0.15) is 0 Å². The van der Waals surface area contributed by atoms with E-state index in [2.05, 4.69) is 54.6 Å². The van der Waals surface area contributed by atoms with Gasteiger partial charge in [0.1, 0.15) is 5.78 Å². The minimum absolute atomic E-state index is 0.263. The Kier molecular flexibility index (Phi) is 87.8. The van der Waals surface area contributed by atoms with Crippen molar-refractivity contribution < 1.29 is 34.1 Å². The third-order valence-corrected chi connectivity index (χ3v) is 22.4. The fourth-order valence-corrected chi connectivity index (χ4v) is 15.4. The Balaban J connectivity index is 5.87. The summed E-state index contributed by atoms with van der Waals surface area (Å²) < 4.78 is 11.2. The van der Waals surface area contributed by atoms with E-state index < -0.39 is 12.2 Å². The zero-order chi connectivity index (χ0) is 78.3. The van der Waals surface area contributed by atoms with Crippen LogP contribution in [0.25, 0.3) is 0 Å². The van der Waals surface area contributed by atoms with Crippen LogP contribution in [0, 0.1) is 0 Å². The van der Waals surface area contributed by atoms with Crippen molar-refractivity contribution in [3.05, 3.63) is 36.6 Å². The molecule has 0 aromatic carbocycles. The molecule has 0 aromatic heterocycles.